The highest BCUT2D eigenvalue weighted by Gasteiger charge is 2.48. The van der Waals surface area contributed by atoms with E-state index in [1.165, 1.54) is 4.88 Å². The van der Waals surface area contributed by atoms with Crippen molar-refractivity contribution in [3.05, 3.63) is 22.4 Å². The second kappa shape index (κ2) is 5.47. The molecular formula is C15H24N2O2S. The lowest BCUT2D eigenvalue weighted by Gasteiger charge is -2.32. The van der Waals surface area contributed by atoms with E-state index in [2.05, 4.69) is 11.4 Å². The molecule has 5 heteroatoms. The summed E-state index contributed by atoms with van der Waals surface area (Å²) in [6.45, 7) is 8.62. The van der Waals surface area contributed by atoms with Crippen molar-refractivity contribution in [3.8, 4) is 0 Å². The van der Waals surface area contributed by atoms with Gasteiger partial charge in [-0.15, -0.1) is 11.3 Å². The van der Waals surface area contributed by atoms with Crippen LogP contribution in [-0.4, -0.2) is 35.6 Å². The minimum Gasteiger partial charge on any atom is -0.377 e. The number of carbonyl (C=O) groups excluding carboxylic acids is 1. The van der Waals surface area contributed by atoms with Gasteiger partial charge in [0.25, 0.3) is 0 Å². The van der Waals surface area contributed by atoms with Crippen LogP contribution >= 0.6 is 11.3 Å². The molecule has 1 N–H and O–H groups in total. The van der Waals surface area contributed by atoms with Gasteiger partial charge in [0, 0.05) is 12.0 Å². The fourth-order valence-electron chi connectivity index (χ4n) is 2.44. The van der Waals surface area contributed by atoms with E-state index >= 15 is 0 Å². The first-order chi connectivity index (χ1) is 9.33. The summed E-state index contributed by atoms with van der Waals surface area (Å²) in [4.78, 5) is 15.9. The molecule has 4 nitrogen and oxygen atoms in total. The molecule has 0 aromatic carbocycles. The number of ether oxygens (including phenoxy) is 1. The number of nitrogens with zero attached hydrogens (tertiary/aromatic N) is 1. The summed E-state index contributed by atoms with van der Waals surface area (Å²) in [5, 5.41) is 5.54. The molecule has 20 heavy (non-hydrogen) atoms. The van der Waals surface area contributed by atoms with Crippen molar-refractivity contribution < 1.29 is 9.53 Å². The standard InChI is InChI=1S/C15H24N2O2S/c1-6-15(4)13(18)17(10-14(2,3)19-5)12(16-15)11-8-7-9-20-11/h7-9,12,16H,6,10H2,1-5H3. The monoisotopic (exact) mass is 296 g/mol. The van der Waals surface area contributed by atoms with Gasteiger partial charge in [0.1, 0.15) is 6.17 Å². The topological polar surface area (TPSA) is 41.6 Å². The van der Waals surface area contributed by atoms with E-state index in [1.54, 1.807) is 18.4 Å². The van der Waals surface area contributed by atoms with Crippen LogP contribution in [0.5, 0.6) is 0 Å². The van der Waals surface area contributed by atoms with Gasteiger partial charge in [0.2, 0.25) is 5.91 Å². The van der Waals surface area contributed by atoms with Crippen molar-refractivity contribution in [1.29, 1.82) is 0 Å². The number of methoxy groups -OCH3 is 1. The molecule has 2 heterocycles. The summed E-state index contributed by atoms with van der Waals surface area (Å²) in [5.41, 5.74) is -0.843. The van der Waals surface area contributed by atoms with Crippen molar-refractivity contribution in [2.24, 2.45) is 0 Å². The zero-order valence-electron chi connectivity index (χ0n) is 12.9. The summed E-state index contributed by atoms with van der Waals surface area (Å²) in [7, 11) is 1.69. The molecule has 112 valence electrons. The Bertz CT molecular complexity index is 472. The van der Waals surface area contributed by atoms with Gasteiger partial charge >= 0.3 is 0 Å². The van der Waals surface area contributed by atoms with Crippen LogP contribution in [0.25, 0.3) is 0 Å². The van der Waals surface area contributed by atoms with E-state index in [4.69, 9.17) is 4.74 Å². The summed E-state index contributed by atoms with van der Waals surface area (Å²) in [5.74, 6) is 0.156. The van der Waals surface area contributed by atoms with Crippen LogP contribution < -0.4 is 5.32 Å². The summed E-state index contributed by atoms with van der Waals surface area (Å²) >= 11 is 1.67. The number of amides is 1. The Labute approximate surface area is 125 Å². The Balaban J connectivity index is 2.31. The maximum Gasteiger partial charge on any atom is 0.244 e. The smallest absolute Gasteiger partial charge is 0.244 e. The molecule has 0 spiro atoms. The molecule has 0 radical (unpaired) electrons. The highest BCUT2D eigenvalue weighted by Crippen LogP contribution is 2.35. The first-order valence-corrected chi connectivity index (χ1v) is 7.88. The lowest BCUT2D eigenvalue weighted by molar-refractivity contribution is -0.136. The molecule has 2 rings (SSSR count). The molecule has 1 aromatic heterocycles. The quantitative estimate of drug-likeness (QED) is 0.908. The lowest BCUT2D eigenvalue weighted by atomic mass is 9.99. The molecular weight excluding hydrogens is 272 g/mol. The second-order valence-corrected chi connectivity index (χ2v) is 7.12. The van der Waals surface area contributed by atoms with E-state index in [9.17, 15) is 4.79 Å². The van der Waals surface area contributed by atoms with E-state index in [1.807, 2.05) is 44.0 Å². The van der Waals surface area contributed by atoms with E-state index in [0.29, 0.717) is 6.54 Å². The van der Waals surface area contributed by atoms with Crippen LogP contribution in [0.3, 0.4) is 0 Å². The van der Waals surface area contributed by atoms with Crippen molar-refractivity contribution in [1.82, 2.24) is 10.2 Å². The second-order valence-electron chi connectivity index (χ2n) is 6.14. The average Bonchev–Trinajstić information content (AvgIpc) is 3.02. The molecule has 1 aliphatic rings. The molecule has 0 saturated carbocycles. The van der Waals surface area contributed by atoms with Gasteiger partial charge in [0.15, 0.2) is 0 Å². The summed E-state index contributed by atoms with van der Waals surface area (Å²) in [6.07, 6.45) is 0.722. The first kappa shape index (κ1) is 15.5. The van der Waals surface area contributed by atoms with Gasteiger partial charge in [-0.3, -0.25) is 10.1 Å². The maximum atomic E-state index is 12.8. The summed E-state index contributed by atoms with van der Waals surface area (Å²) < 4.78 is 5.50. The van der Waals surface area contributed by atoms with Crippen LogP contribution in [0.2, 0.25) is 0 Å². The molecule has 0 bridgehead atoms. The van der Waals surface area contributed by atoms with Crippen molar-refractivity contribution in [2.75, 3.05) is 13.7 Å². The SMILES string of the molecule is CCC1(C)NC(c2cccs2)N(CC(C)(C)OC)C1=O. The fourth-order valence-corrected chi connectivity index (χ4v) is 3.22. The maximum absolute atomic E-state index is 12.8. The van der Waals surface area contributed by atoms with Gasteiger partial charge in [-0.25, -0.2) is 0 Å². The molecule has 1 amide bonds. The predicted octanol–water partition coefficient (Wildman–Crippen LogP) is 2.77. The van der Waals surface area contributed by atoms with Crippen molar-refractivity contribution in [2.45, 2.75) is 51.4 Å². The minimum absolute atomic E-state index is 0.0538. The van der Waals surface area contributed by atoms with Gasteiger partial charge in [0.05, 0.1) is 17.7 Å². The van der Waals surface area contributed by atoms with Crippen LogP contribution in [-0.2, 0) is 9.53 Å². The normalized spacial score (nSPS) is 27.4. The highest BCUT2D eigenvalue weighted by atomic mass is 32.1. The number of carbonyl (C=O) groups is 1. The summed E-state index contributed by atoms with van der Waals surface area (Å²) in [6, 6.07) is 4.09. The number of hydrogen-bond donors (Lipinski definition) is 1. The Morgan fingerprint density at radius 2 is 2.25 bits per heavy atom. The van der Waals surface area contributed by atoms with Crippen molar-refractivity contribution >= 4 is 17.2 Å². The van der Waals surface area contributed by atoms with Crippen LogP contribution in [0, 0.1) is 0 Å². The minimum atomic E-state index is -0.488. The molecule has 2 atom stereocenters. The third kappa shape index (κ3) is 2.75. The van der Waals surface area contributed by atoms with Crippen molar-refractivity contribution in [3.63, 3.8) is 0 Å². The Hall–Kier alpha value is -0.910. The lowest BCUT2D eigenvalue weighted by Crippen LogP contribution is -2.46. The number of thiophene rings is 1. The Kier molecular flexibility index (Phi) is 4.23. The molecule has 1 fully saturated rings. The van der Waals surface area contributed by atoms with Gasteiger partial charge < -0.3 is 9.64 Å². The Morgan fingerprint density at radius 1 is 1.55 bits per heavy atom. The molecule has 1 aromatic rings. The first-order valence-electron chi connectivity index (χ1n) is 7.00. The average molecular weight is 296 g/mol. The fraction of sp³-hybridized carbons (Fsp3) is 0.667. The number of hydrogen-bond acceptors (Lipinski definition) is 4. The molecule has 2 unspecified atom stereocenters. The van der Waals surface area contributed by atoms with Gasteiger partial charge in [-0.05, 0) is 38.6 Å². The zero-order valence-corrected chi connectivity index (χ0v) is 13.7. The van der Waals surface area contributed by atoms with E-state index in [-0.39, 0.29) is 17.7 Å². The highest BCUT2D eigenvalue weighted by molar-refractivity contribution is 7.10. The number of rotatable bonds is 5. The predicted molar refractivity (Wildman–Crippen MR) is 81.7 cm³/mol. The third-order valence-corrected chi connectivity index (χ3v) is 5.05. The molecule has 1 saturated heterocycles. The number of nitrogens with one attached hydrogen (secondary N) is 1. The molecule has 0 aliphatic carbocycles. The molecule has 1 aliphatic heterocycles. The third-order valence-electron chi connectivity index (χ3n) is 4.12. The van der Waals surface area contributed by atoms with E-state index < -0.39 is 5.54 Å². The van der Waals surface area contributed by atoms with Crippen LogP contribution in [0.1, 0.15) is 45.2 Å². The Morgan fingerprint density at radius 3 is 2.75 bits per heavy atom. The largest absolute Gasteiger partial charge is 0.377 e. The zero-order chi connectivity index (χ0) is 15.0. The van der Waals surface area contributed by atoms with Crippen LogP contribution in [0.4, 0.5) is 0 Å². The van der Waals surface area contributed by atoms with Crippen LogP contribution in [0.15, 0.2) is 17.5 Å². The van der Waals surface area contributed by atoms with E-state index in [0.717, 1.165) is 6.42 Å². The van der Waals surface area contributed by atoms with Gasteiger partial charge in [-0.1, -0.05) is 13.0 Å². The van der Waals surface area contributed by atoms with Gasteiger partial charge in [-0.2, -0.15) is 0 Å².